The van der Waals surface area contributed by atoms with Gasteiger partial charge in [0.1, 0.15) is 11.4 Å². The largest absolute Gasteiger partial charge is 0.349 e. The zero-order chi connectivity index (χ0) is 21.3. The van der Waals surface area contributed by atoms with E-state index in [4.69, 9.17) is 11.6 Å². The van der Waals surface area contributed by atoms with Crippen molar-refractivity contribution in [3.63, 3.8) is 0 Å². The summed E-state index contributed by atoms with van der Waals surface area (Å²) in [6.45, 7) is 1.90. The first-order valence-electron chi connectivity index (χ1n) is 9.71. The van der Waals surface area contributed by atoms with Crippen LogP contribution in [0.2, 0.25) is 5.02 Å². The van der Waals surface area contributed by atoms with Gasteiger partial charge in [-0.25, -0.2) is 13.9 Å². The first kappa shape index (κ1) is 20.3. The van der Waals surface area contributed by atoms with Crippen molar-refractivity contribution in [3.8, 4) is 0 Å². The highest BCUT2D eigenvalue weighted by Gasteiger charge is 2.38. The molecule has 0 atom stereocenters. The van der Waals surface area contributed by atoms with E-state index >= 15 is 0 Å². The molecule has 0 aliphatic heterocycles. The first-order chi connectivity index (χ1) is 14.4. The number of benzene rings is 1. The number of hydrogen-bond donors (Lipinski definition) is 2. The third kappa shape index (κ3) is 4.00. The average molecular weight is 430 g/mol. The van der Waals surface area contributed by atoms with E-state index in [2.05, 4.69) is 20.7 Å². The zero-order valence-corrected chi connectivity index (χ0v) is 17.1. The van der Waals surface area contributed by atoms with Gasteiger partial charge in [0.05, 0.1) is 16.9 Å². The van der Waals surface area contributed by atoms with Crippen molar-refractivity contribution < 1.29 is 14.0 Å². The van der Waals surface area contributed by atoms with Crippen LogP contribution >= 0.6 is 11.6 Å². The van der Waals surface area contributed by atoms with E-state index in [1.165, 1.54) is 24.4 Å². The van der Waals surface area contributed by atoms with Crippen LogP contribution in [0.5, 0.6) is 0 Å². The zero-order valence-electron chi connectivity index (χ0n) is 16.4. The Morgan fingerprint density at radius 2 is 2.07 bits per heavy atom. The summed E-state index contributed by atoms with van der Waals surface area (Å²) in [6.07, 6.45) is 7.40. The molecule has 1 saturated carbocycles. The molecule has 3 aromatic rings. The SMILES string of the molecule is C[C@]1(C(=O)Nc2ccc(F)cc2Cl)CC[C@H](NC(=O)c2cnn3cccnc23)CC1. The van der Waals surface area contributed by atoms with Crippen molar-refractivity contribution in [2.45, 2.75) is 38.6 Å². The number of carbonyl (C=O) groups excluding carboxylic acids is 2. The maximum atomic E-state index is 13.2. The van der Waals surface area contributed by atoms with Crippen LogP contribution in [-0.2, 0) is 4.79 Å². The molecule has 2 heterocycles. The van der Waals surface area contributed by atoms with Crippen LogP contribution in [0.3, 0.4) is 0 Å². The van der Waals surface area contributed by atoms with Crippen molar-refractivity contribution in [2.75, 3.05) is 5.32 Å². The number of halogens is 2. The second-order valence-corrected chi connectivity index (χ2v) is 8.24. The number of nitrogens with zero attached hydrogens (tertiary/aromatic N) is 3. The van der Waals surface area contributed by atoms with Crippen LogP contribution in [0.4, 0.5) is 10.1 Å². The number of hydrogen-bond acceptors (Lipinski definition) is 4. The first-order valence-corrected chi connectivity index (χ1v) is 10.1. The van der Waals surface area contributed by atoms with Gasteiger partial charge in [0.15, 0.2) is 5.65 Å². The molecule has 1 aliphatic carbocycles. The Labute approximate surface area is 177 Å². The van der Waals surface area contributed by atoms with Gasteiger partial charge < -0.3 is 10.6 Å². The lowest BCUT2D eigenvalue weighted by Gasteiger charge is -2.36. The minimum atomic E-state index is -0.592. The van der Waals surface area contributed by atoms with Crippen molar-refractivity contribution in [1.29, 1.82) is 0 Å². The predicted molar refractivity (Wildman–Crippen MR) is 111 cm³/mol. The van der Waals surface area contributed by atoms with E-state index in [0.29, 0.717) is 42.6 Å². The fraction of sp³-hybridized carbons (Fsp3) is 0.333. The smallest absolute Gasteiger partial charge is 0.256 e. The van der Waals surface area contributed by atoms with Crippen LogP contribution in [0.25, 0.3) is 5.65 Å². The van der Waals surface area contributed by atoms with Gasteiger partial charge in [-0.2, -0.15) is 5.10 Å². The summed E-state index contributed by atoms with van der Waals surface area (Å²) in [4.78, 5) is 29.7. The molecule has 0 bridgehead atoms. The molecular formula is C21H21ClFN5O2. The van der Waals surface area contributed by atoms with Gasteiger partial charge in [-0.3, -0.25) is 9.59 Å². The summed E-state index contributed by atoms with van der Waals surface area (Å²) in [5.74, 6) is -0.839. The van der Waals surface area contributed by atoms with Crippen molar-refractivity contribution >= 4 is 34.7 Å². The van der Waals surface area contributed by atoms with Crippen LogP contribution in [0.15, 0.2) is 42.9 Å². The maximum Gasteiger partial charge on any atom is 0.256 e. The van der Waals surface area contributed by atoms with Gasteiger partial charge in [-0.15, -0.1) is 0 Å². The summed E-state index contributed by atoms with van der Waals surface area (Å²) in [7, 11) is 0. The molecular weight excluding hydrogens is 409 g/mol. The second kappa shape index (κ2) is 8.02. The monoisotopic (exact) mass is 429 g/mol. The topological polar surface area (TPSA) is 88.4 Å². The lowest BCUT2D eigenvalue weighted by molar-refractivity contribution is -0.126. The highest BCUT2D eigenvalue weighted by atomic mass is 35.5. The Hall–Kier alpha value is -3.00. The molecule has 7 nitrogen and oxygen atoms in total. The number of nitrogens with one attached hydrogen (secondary N) is 2. The summed E-state index contributed by atoms with van der Waals surface area (Å²) in [6, 6.07) is 5.58. The quantitative estimate of drug-likeness (QED) is 0.659. The lowest BCUT2D eigenvalue weighted by Crippen LogP contribution is -2.44. The molecule has 4 rings (SSSR count). The third-order valence-corrected chi connectivity index (χ3v) is 5.99. The summed E-state index contributed by atoms with van der Waals surface area (Å²) >= 11 is 6.01. The molecule has 2 aromatic heterocycles. The van der Waals surface area contributed by atoms with Gasteiger partial charge in [0.2, 0.25) is 5.91 Å². The third-order valence-electron chi connectivity index (χ3n) is 5.68. The van der Waals surface area contributed by atoms with E-state index in [1.54, 1.807) is 23.0 Å². The molecule has 0 spiro atoms. The predicted octanol–water partition coefficient (Wildman–Crippen LogP) is 3.84. The van der Waals surface area contributed by atoms with Crippen molar-refractivity contribution in [2.24, 2.45) is 5.41 Å². The van der Waals surface area contributed by atoms with Gasteiger partial charge >= 0.3 is 0 Å². The number of amides is 2. The highest BCUT2D eigenvalue weighted by Crippen LogP contribution is 2.38. The van der Waals surface area contributed by atoms with Gasteiger partial charge in [-0.1, -0.05) is 18.5 Å². The van der Waals surface area contributed by atoms with Crippen LogP contribution in [-0.4, -0.2) is 32.5 Å². The minimum Gasteiger partial charge on any atom is -0.349 e. The molecule has 1 aliphatic rings. The maximum absolute atomic E-state index is 13.2. The number of rotatable bonds is 4. The highest BCUT2D eigenvalue weighted by molar-refractivity contribution is 6.33. The van der Waals surface area contributed by atoms with E-state index < -0.39 is 11.2 Å². The standard InChI is InChI=1S/C21H21ClFN5O2/c1-21(20(30)27-17-4-3-13(23)11-16(17)22)7-5-14(6-8-21)26-19(29)15-12-25-28-10-2-9-24-18(15)28/h2-4,9-12,14H,5-8H2,1H3,(H,26,29)(H,27,30)/t14-,21-. The fourth-order valence-electron chi connectivity index (χ4n) is 3.74. The minimum absolute atomic E-state index is 0.0357. The number of aromatic nitrogens is 3. The van der Waals surface area contributed by atoms with Crippen molar-refractivity contribution in [1.82, 2.24) is 19.9 Å². The number of fused-ring (bicyclic) bond motifs is 1. The Morgan fingerprint density at radius 3 is 2.80 bits per heavy atom. The van der Waals surface area contributed by atoms with E-state index in [9.17, 15) is 14.0 Å². The summed E-state index contributed by atoms with van der Waals surface area (Å²) in [5.41, 5.74) is 0.726. The molecule has 0 unspecified atom stereocenters. The average Bonchev–Trinajstić information content (AvgIpc) is 3.16. The summed E-state index contributed by atoms with van der Waals surface area (Å²) in [5, 5.41) is 10.1. The molecule has 30 heavy (non-hydrogen) atoms. The molecule has 156 valence electrons. The molecule has 0 saturated heterocycles. The fourth-order valence-corrected chi connectivity index (χ4v) is 3.96. The number of anilines is 1. The van der Waals surface area contributed by atoms with E-state index in [0.717, 1.165) is 0 Å². The van der Waals surface area contributed by atoms with Crippen LogP contribution < -0.4 is 10.6 Å². The Kier molecular flexibility index (Phi) is 5.42. The van der Waals surface area contributed by atoms with Crippen LogP contribution in [0, 0.1) is 11.2 Å². The van der Waals surface area contributed by atoms with E-state index in [1.807, 2.05) is 6.92 Å². The van der Waals surface area contributed by atoms with Gasteiger partial charge in [0, 0.05) is 23.9 Å². The molecule has 1 aromatic carbocycles. The number of carbonyl (C=O) groups is 2. The van der Waals surface area contributed by atoms with Gasteiger partial charge in [0.25, 0.3) is 5.91 Å². The van der Waals surface area contributed by atoms with E-state index in [-0.39, 0.29) is 22.9 Å². The van der Waals surface area contributed by atoms with Crippen molar-refractivity contribution in [3.05, 3.63) is 59.3 Å². The normalized spacial score (nSPS) is 21.4. The lowest BCUT2D eigenvalue weighted by atomic mass is 9.73. The Bertz CT molecular complexity index is 1110. The molecule has 9 heteroatoms. The summed E-state index contributed by atoms with van der Waals surface area (Å²) < 4.78 is 14.8. The Morgan fingerprint density at radius 1 is 1.30 bits per heavy atom. The Balaban J connectivity index is 1.36. The van der Waals surface area contributed by atoms with Gasteiger partial charge in [-0.05, 0) is 49.9 Å². The molecule has 2 amide bonds. The molecule has 0 radical (unpaired) electrons. The van der Waals surface area contributed by atoms with Crippen LogP contribution in [0.1, 0.15) is 43.0 Å². The second-order valence-electron chi connectivity index (χ2n) is 7.83. The molecule has 1 fully saturated rings. The molecule has 2 N–H and O–H groups in total.